The summed E-state index contributed by atoms with van der Waals surface area (Å²) in [5.74, 6) is 0.0846. The van der Waals surface area contributed by atoms with Crippen molar-refractivity contribution in [2.45, 2.75) is 45.7 Å². The van der Waals surface area contributed by atoms with Crippen molar-refractivity contribution in [1.82, 2.24) is 10.6 Å². The van der Waals surface area contributed by atoms with Crippen molar-refractivity contribution >= 4 is 24.2 Å². The molecule has 1 aromatic carbocycles. The first-order chi connectivity index (χ1) is 10.9. The van der Waals surface area contributed by atoms with Gasteiger partial charge in [-0.05, 0) is 42.7 Å². The van der Waals surface area contributed by atoms with Gasteiger partial charge in [-0.15, -0.1) is 12.4 Å². The minimum Gasteiger partial charge on any atom is -0.347 e. The number of nitrogens with one attached hydrogen (secondary N) is 2. The van der Waals surface area contributed by atoms with Crippen LogP contribution < -0.4 is 16.4 Å². The number of carbonyl (C=O) groups excluding carboxylic acids is 2. The summed E-state index contributed by atoms with van der Waals surface area (Å²) in [6, 6.07) is 7.55. The maximum Gasteiger partial charge on any atom is 0.239 e. The number of halogens is 1. The number of benzene rings is 1. The lowest BCUT2D eigenvalue weighted by atomic mass is 9.97. The molecule has 4 N–H and O–H groups in total. The lowest BCUT2D eigenvalue weighted by molar-refractivity contribution is -0.127. The molecule has 0 aromatic heterocycles. The second-order valence-electron chi connectivity index (χ2n) is 6.73. The Morgan fingerprint density at radius 2 is 1.88 bits per heavy atom. The van der Waals surface area contributed by atoms with Gasteiger partial charge in [-0.25, -0.2) is 0 Å². The van der Waals surface area contributed by atoms with E-state index in [0.29, 0.717) is 5.92 Å². The van der Waals surface area contributed by atoms with Crippen LogP contribution in [-0.2, 0) is 9.59 Å². The molecule has 134 valence electrons. The van der Waals surface area contributed by atoms with Crippen molar-refractivity contribution < 1.29 is 9.59 Å². The summed E-state index contributed by atoms with van der Waals surface area (Å²) < 4.78 is 0. The number of aryl methyl sites for hydroxylation is 1. The average molecular weight is 354 g/mol. The predicted molar refractivity (Wildman–Crippen MR) is 97.9 cm³/mol. The van der Waals surface area contributed by atoms with E-state index in [-0.39, 0.29) is 42.7 Å². The van der Waals surface area contributed by atoms with E-state index in [4.69, 9.17) is 5.73 Å². The largest absolute Gasteiger partial charge is 0.347 e. The number of nitrogens with two attached hydrogens (primary N) is 1. The van der Waals surface area contributed by atoms with E-state index in [0.717, 1.165) is 18.4 Å². The van der Waals surface area contributed by atoms with E-state index >= 15 is 0 Å². The molecule has 1 aliphatic carbocycles. The molecule has 0 aliphatic heterocycles. The van der Waals surface area contributed by atoms with Gasteiger partial charge in [-0.3, -0.25) is 9.59 Å². The van der Waals surface area contributed by atoms with Gasteiger partial charge in [-0.2, -0.15) is 0 Å². The molecule has 1 aromatic rings. The third-order valence-corrected chi connectivity index (χ3v) is 4.38. The van der Waals surface area contributed by atoms with Crippen LogP contribution in [-0.4, -0.2) is 24.4 Å². The van der Waals surface area contributed by atoms with Crippen molar-refractivity contribution in [3.05, 3.63) is 35.4 Å². The fraction of sp³-hybridized carbons (Fsp3) is 0.556. The van der Waals surface area contributed by atoms with Gasteiger partial charge in [-0.1, -0.05) is 38.1 Å². The Balaban J connectivity index is 0.00000288. The summed E-state index contributed by atoms with van der Waals surface area (Å²) in [4.78, 5) is 24.0. The highest BCUT2D eigenvalue weighted by atomic mass is 35.5. The summed E-state index contributed by atoms with van der Waals surface area (Å²) in [5.41, 5.74) is 8.11. The highest BCUT2D eigenvalue weighted by molar-refractivity contribution is 5.87. The molecule has 1 aliphatic rings. The molecule has 0 radical (unpaired) electrons. The number of carbonyl (C=O) groups is 2. The lowest BCUT2D eigenvalue weighted by Gasteiger charge is -2.21. The van der Waals surface area contributed by atoms with Gasteiger partial charge < -0.3 is 16.4 Å². The van der Waals surface area contributed by atoms with Gasteiger partial charge in [0.15, 0.2) is 0 Å². The SMILES string of the molecule is Cc1ccccc1C(NC(=O)CNC(=O)[C@@H](N)C(C)C)C1CC1.Cl. The minimum absolute atomic E-state index is 0. The molecule has 24 heavy (non-hydrogen) atoms. The third-order valence-electron chi connectivity index (χ3n) is 4.38. The molecule has 0 spiro atoms. The highest BCUT2D eigenvalue weighted by Crippen LogP contribution is 2.41. The first-order valence-corrected chi connectivity index (χ1v) is 8.28. The van der Waals surface area contributed by atoms with Crippen LogP contribution in [0.1, 0.15) is 43.9 Å². The van der Waals surface area contributed by atoms with Crippen LogP contribution in [0.4, 0.5) is 0 Å². The Morgan fingerprint density at radius 1 is 1.25 bits per heavy atom. The molecule has 2 rings (SSSR count). The molecule has 0 bridgehead atoms. The molecular formula is C18H28ClN3O2. The smallest absolute Gasteiger partial charge is 0.239 e. The van der Waals surface area contributed by atoms with E-state index in [9.17, 15) is 9.59 Å². The van der Waals surface area contributed by atoms with Crippen LogP contribution in [0.2, 0.25) is 0 Å². The van der Waals surface area contributed by atoms with E-state index < -0.39 is 6.04 Å². The molecule has 2 amide bonds. The minimum atomic E-state index is -0.585. The molecule has 2 atom stereocenters. The third kappa shape index (κ3) is 5.49. The quantitative estimate of drug-likeness (QED) is 0.701. The average Bonchev–Trinajstić information content (AvgIpc) is 3.35. The molecule has 1 fully saturated rings. The van der Waals surface area contributed by atoms with Crippen LogP contribution >= 0.6 is 12.4 Å². The summed E-state index contributed by atoms with van der Waals surface area (Å²) in [5, 5.41) is 5.68. The van der Waals surface area contributed by atoms with Gasteiger partial charge in [0, 0.05) is 0 Å². The summed E-state index contributed by atoms with van der Waals surface area (Å²) >= 11 is 0. The first kappa shape index (κ1) is 20.5. The summed E-state index contributed by atoms with van der Waals surface area (Å²) in [7, 11) is 0. The highest BCUT2D eigenvalue weighted by Gasteiger charge is 2.34. The molecular weight excluding hydrogens is 326 g/mol. The number of hydrogen-bond acceptors (Lipinski definition) is 3. The Kier molecular flexibility index (Phi) is 7.70. The number of hydrogen-bond donors (Lipinski definition) is 3. The first-order valence-electron chi connectivity index (χ1n) is 8.28. The Morgan fingerprint density at radius 3 is 2.42 bits per heavy atom. The molecule has 0 heterocycles. The molecule has 1 saturated carbocycles. The van der Waals surface area contributed by atoms with E-state index in [1.54, 1.807) is 0 Å². The maximum absolute atomic E-state index is 12.2. The van der Waals surface area contributed by atoms with Gasteiger partial charge in [0.1, 0.15) is 0 Å². The van der Waals surface area contributed by atoms with Gasteiger partial charge >= 0.3 is 0 Å². The predicted octanol–water partition coefficient (Wildman–Crippen LogP) is 2.08. The van der Waals surface area contributed by atoms with Crippen LogP contribution in [0.5, 0.6) is 0 Å². The fourth-order valence-electron chi connectivity index (χ4n) is 2.63. The maximum atomic E-state index is 12.2. The zero-order chi connectivity index (χ0) is 17.0. The van der Waals surface area contributed by atoms with Crippen LogP contribution in [0.3, 0.4) is 0 Å². The fourth-order valence-corrected chi connectivity index (χ4v) is 2.63. The normalized spacial score (nSPS) is 16.0. The molecule has 5 nitrogen and oxygen atoms in total. The van der Waals surface area contributed by atoms with Crippen molar-refractivity contribution in [1.29, 1.82) is 0 Å². The van der Waals surface area contributed by atoms with Gasteiger partial charge in [0.05, 0.1) is 18.6 Å². The van der Waals surface area contributed by atoms with E-state index in [2.05, 4.69) is 29.7 Å². The van der Waals surface area contributed by atoms with Crippen molar-refractivity contribution in [3.8, 4) is 0 Å². The van der Waals surface area contributed by atoms with E-state index in [1.165, 1.54) is 5.56 Å². The second-order valence-corrected chi connectivity index (χ2v) is 6.73. The van der Waals surface area contributed by atoms with Crippen molar-refractivity contribution in [2.75, 3.05) is 6.54 Å². The summed E-state index contributed by atoms with van der Waals surface area (Å²) in [6.07, 6.45) is 2.26. The number of amides is 2. The van der Waals surface area contributed by atoms with Crippen LogP contribution in [0, 0.1) is 18.8 Å². The zero-order valence-corrected chi connectivity index (χ0v) is 15.4. The van der Waals surface area contributed by atoms with Crippen LogP contribution in [0.15, 0.2) is 24.3 Å². The van der Waals surface area contributed by atoms with Crippen LogP contribution in [0.25, 0.3) is 0 Å². The Hall–Kier alpha value is -1.59. The van der Waals surface area contributed by atoms with Gasteiger partial charge in [0.2, 0.25) is 11.8 Å². The second kappa shape index (κ2) is 9.04. The van der Waals surface area contributed by atoms with Crippen molar-refractivity contribution in [2.24, 2.45) is 17.6 Å². The Bertz CT molecular complexity index is 573. The topological polar surface area (TPSA) is 84.2 Å². The molecule has 1 unspecified atom stereocenters. The molecule has 0 saturated heterocycles. The number of rotatable bonds is 7. The standard InChI is InChI=1S/C18H27N3O2.ClH/c1-11(2)16(19)18(23)20-10-15(22)21-17(13-8-9-13)14-7-5-4-6-12(14)3;/h4-7,11,13,16-17H,8-10,19H2,1-3H3,(H,20,23)(H,21,22);1H/t16-,17?;/m0./s1. The monoisotopic (exact) mass is 353 g/mol. The zero-order valence-electron chi connectivity index (χ0n) is 14.5. The Labute approximate surface area is 150 Å². The lowest BCUT2D eigenvalue weighted by Crippen LogP contribution is -2.47. The van der Waals surface area contributed by atoms with E-state index in [1.807, 2.05) is 26.0 Å². The van der Waals surface area contributed by atoms with Gasteiger partial charge in [0.25, 0.3) is 0 Å². The van der Waals surface area contributed by atoms with Crippen molar-refractivity contribution in [3.63, 3.8) is 0 Å². The molecule has 6 heteroatoms. The summed E-state index contributed by atoms with van der Waals surface area (Å²) in [6.45, 7) is 5.78.